The summed E-state index contributed by atoms with van der Waals surface area (Å²) >= 11 is 11.9. The van der Waals surface area contributed by atoms with Crippen molar-refractivity contribution in [2.45, 2.75) is 26.3 Å². The predicted molar refractivity (Wildman–Crippen MR) is 94.6 cm³/mol. The van der Waals surface area contributed by atoms with Gasteiger partial charge in [-0.25, -0.2) is 0 Å². The van der Waals surface area contributed by atoms with E-state index >= 15 is 0 Å². The molecule has 0 radical (unpaired) electrons. The average Bonchev–Trinajstić information content (AvgIpc) is 2.53. The first-order chi connectivity index (χ1) is 11.4. The number of carbonyl (C=O) groups excluding carboxylic acids is 2. The SMILES string of the molecule is CC(C)C[C@@H](NC(=O)c1ccc(Cl)cc1Cl)C(=O)N1CCOCC1. The number of halogens is 2. The fourth-order valence-electron chi connectivity index (χ4n) is 2.61. The number of nitrogens with zero attached hydrogens (tertiary/aromatic N) is 1. The van der Waals surface area contributed by atoms with Gasteiger partial charge in [0.05, 0.1) is 23.8 Å². The van der Waals surface area contributed by atoms with Gasteiger partial charge in [0.25, 0.3) is 5.91 Å². The number of hydrogen-bond acceptors (Lipinski definition) is 3. The minimum atomic E-state index is -0.581. The van der Waals surface area contributed by atoms with Crippen LogP contribution in [0.1, 0.15) is 30.6 Å². The third-order valence-corrected chi connectivity index (χ3v) is 4.36. The van der Waals surface area contributed by atoms with Gasteiger partial charge in [-0.15, -0.1) is 0 Å². The number of rotatable bonds is 5. The van der Waals surface area contributed by atoms with Crippen molar-refractivity contribution in [3.05, 3.63) is 33.8 Å². The highest BCUT2D eigenvalue weighted by Gasteiger charge is 2.28. The standard InChI is InChI=1S/C17H22Cl2N2O3/c1-11(2)9-15(17(23)21-5-7-24-8-6-21)20-16(22)13-4-3-12(18)10-14(13)19/h3-4,10-11,15H,5-9H2,1-2H3,(H,20,22)/t15-/m1/s1. The van der Waals surface area contributed by atoms with Gasteiger partial charge in [-0.2, -0.15) is 0 Å². The van der Waals surface area contributed by atoms with E-state index in [1.54, 1.807) is 17.0 Å². The fourth-order valence-corrected chi connectivity index (χ4v) is 3.10. The second-order valence-electron chi connectivity index (χ2n) is 6.22. The van der Waals surface area contributed by atoms with Crippen molar-refractivity contribution in [1.82, 2.24) is 10.2 Å². The summed E-state index contributed by atoms with van der Waals surface area (Å²) in [4.78, 5) is 27.0. The van der Waals surface area contributed by atoms with E-state index in [0.717, 1.165) is 0 Å². The number of nitrogens with one attached hydrogen (secondary N) is 1. The van der Waals surface area contributed by atoms with Crippen LogP contribution in [-0.4, -0.2) is 49.1 Å². The lowest BCUT2D eigenvalue weighted by atomic mass is 10.0. The first-order valence-corrected chi connectivity index (χ1v) is 8.76. The molecule has 132 valence electrons. The van der Waals surface area contributed by atoms with Crippen molar-refractivity contribution in [2.75, 3.05) is 26.3 Å². The van der Waals surface area contributed by atoms with Crippen molar-refractivity contribution in [3.8, 4) is 0 Å². The van der Waals surface area contributed by atoms with E-state index in [1.165, 1.54) is 6.07 Å². The molecule has 5 nitrogen and oxygen atoms in total. The molecule has 0 bridgehead atoms. The number of hydrogen-bond donors (Lipinski definition) is 1. The highest BCUT2D eigenvalue weighted by molar-refractivity contribution is 6.36. The Labute approximate surface area is 152 Å². The molecule has 24 heavy (non-hydrogen) atoms. The maximum absolute atomic E-state index is 12.7. The molecule has 0 aromatic heterocycles. The molecule has 7 heteroatoms. The first kappa shape index (κ1) is 19.0. The van der Waals surface area contributed by atoms with Gasteiger partial charge in [-0.05, 0) is 30.5 Å². The van der Waals surface area contributed by atoms with Crippen LogP contribution in [0.5, 0.6) is 0 Å². The smallest absolute Gasteiger partial charge is 0.253 e. The lowest BCUT2D eigenvalue weighted by Gasteiger charge is -2.31. The molecule has 0 saturated carbocycles. The van der Waals surface area contributed by atoms with Crippen LogP contribution >= 0.6 is 23.2 Å². The van der Waals surface area contributed by atoms with Gasteiger partial charge in [-0.1, -0.05) is 37.0 Å². The second kappa shape index (κ2) is 8.70. The van der Waals surface area contributed by atoms with Crippen LogP contribution < -0.4 is 5.32 Å². The Balaban J connectivity index is 2.12. The van der Waals surface area contributed by atoms with Crippen molar-refractivity contribution in [3.63, 3.8) is 0 Å². The average molecular weight is 373 g/mol. The number of amides is 2. The molecule has 0 spiro atoms. The second-order valence-corrected chi connectivity index (χ2v) is 7.06. The largest absolute Gasteiger partial charge is 0.378 e. The molecule has 1 aliphatic rings. The molecule has 1 atom stereocenters. The minimum absolute atomic E-state index is 0.0783. The lowest BCUT2D eigenvalue weighted by Crippen LogP contribution is -2.52. The van der Waals surface area contributed by atoms with Crippen LogP contribution in [0.25, 0.3) is 0 Å². The molecule has 1 heterocycles. The first-order valence-electron chi connectivity index (χ1n) is 8.01. The highest BCUT2D eigenvalue weighted by atomic mass is 35.5. The molecule has 1 aromatic carbocycles. The van der Waals surface area contributed by atoms with Crippen molar-refractivity contribution in [1.29, 1.82) is 0 Å². The molecule has 1 N–H and O–H groups in total. The van der Waals surface area contributed by atoms with E-state index < -0.39 is 6.04 Å². The van der Waals surface area contributed by atoms with Crippen molar-refractivity contribution in [2.24, 2.45) is 5.92 Å². The van der Waals surface area contributed by atoms with Crippen LogP contribution in [0.15, 0.2) is 18.2 Å². The van der Waals surface area contributed by atoms with Gasteiger partial charge in [0.1, 0.15) is 6.04 Å². The van der Waals surface area contributed by atoms with Gasteiger partial charge in [0.15, 0.2) is 0 Å². The number of benzene rings is 1. The predicted octanol–water partition coefficient (Wildman–Crippen LogP) is 3.00. The third-order valence-electron chi connectivity index (χ3n) is 3.81. The fraction of sp³-hybridized carbons (Fsp3) is 0.529. The number of ether oxygens (including phenoxy) is 1. The highest BCUT2D eigenvalue weighted by Crippen LogP contribution is 2.21. The lowest BCUT2D eigenvalue weighted by molar-refractivity contribution is -0.137. The van der Waals surface area contributed by atoms with E-state index in [0.29, 0.717) is 43.3 Å². The molecule has 1 saturated heterocycles. The third kappa shape index (κ3) is 5.10. The molecule has 0 unspecified atom stereocenters. The zero-order valence-electron chi connectivity index (χ0n) is 13.9. The summed E-state index contributed by atoms with van der Waals surface area (Å²) in [6, 6.07) is 4.09. The van der Waals surface area contributed by atoms with Crippen LogP contribution in [0.4, 0.5) is 0 Å². The Kier molecular flexibility index (Phi) is 6.90. The summed E-state index contributed by atoms with van der Waals surface area (Å²) < 4.78 is 5.28. The molecular formula is C17H22Cl2N2O3. The number of morpholine rings is 1. The van der Waals surface area contributed by atoms with Gasteiger partial charge in [-0.3, -0.25) is 9.59 Å². The molecule has 1 aromatic rings. The Morgan fingerprint density at radius 3 is 2.50 bits per heavy atom. The quantitative estimate of drug-likeness (QED) is 0.863. The monoisotopic (exact) mass is 372 g/mol. The molecule has 2 rings (SSSR count). The van der Waals surface area contributed by atoms with Crippen LogP contribution in [0.2, 0.25) is 10.0 Å². The van der Waals surface area contributed by atoms with Gasteiger partial charge in [0, 0.05) is 18.1 Å². The van der Waals surface area contributed by atoms with Gasteiger partial charge in [0.2, 0.25) is 5.91 Å². The zero-order chi connectivity index (χ0) is 17.7. The maximum atomic E-state index is 12.7. The van der Waals surface area contributed by atoms with Crippen LogP contribution in [0.3, 0.4) is 0 Å². The summed E-state index contributed by atoms with van der Waals surface area (Å²) in [5.41, 5.74) is 0.310. The number of carbonyl (C=O) groups is 2. The topological polar surface area (TPSA) is 58.6 Å². The summed E-state index contributed by atoms with van der Waals surface area (Å²) in [7, 11) is 0. The molecule has 2 amide bonds. The van der Waals surface area contributed by atoms with E-state index in [-0.39, 0.29) is 22.8 Å². The Morgan fingerprint density at radius 1 is 1.25 bits per heavy atom. The van der Waals surface area contributed by atoms with Crippen molar-refractivity contribution < 1.29 is 14.3 Å². The van der Waals surface area contributed by atoms with E-state index in [4.69, 9.17) is 27.9 Å². The maximum Gasteiger partial charge on any atom is 0.253 e. The summed E-state index contributed by atoms with van der Waals surface area (Å²) in [5.74, 6) is -0.185. The molecule has 1 fully saturated rings. The molecule has 0 aliphatic carbocycles. The van der Waals surface area contributed by atoms with E-state index in [2.05, 4.69) is 5.32 Å². The van der Waals surface area contributed by atoms with E-state index in [1.807, 2.05) is 13.8 Å². The van der Waals surface area contributed by atoms with Crippen LogP contribution in [0, 0.1) is 5.92 Å². The Hall–Kier alpha value is -1.30. The van der Waals surface area contributed by atoms with Crippen LogP contribution in [-0.2, 0) is 9.53 Å². The van der Waals surface area contributed by atoms with Crippen molar-refractivity contribution >= 4 is 35.0 Å². The minimum Gasteiger partial charge on any atom is -0.378 e. The summed E-state index contributed by atoms with van der Waals surface area (Å²) in [6.45, 7) is 6.17. The zero-order valence-corrected chi connectivity index (χ0v) is 15.4. The Bertz CT molecular complexity index is 601. The normalized spacial score (nSPS) is 16.1. The van der Waals surface area contributed by atoms with Gasteiger partial charge < -0.3 is 15.0 Å². The Morgan fingerprint density at radius 2 is 1.92 bits per heavy atom. The molecular weight excluding hydrogens is 351 g/mol. The summed E-state index contributed by atoms with van der Waals surface area (Å²) in [6.07, 6.45) is 0.563. The molecule has 1 aliphatic heterocycles. The van der Waals surface area contributed by atoms with Gasteiger partial charge >= 0.3 is 0 Å². The van der Waals surface area contributed by atoms with E-state index in [9.17, 15) is 9.59 Å². The summed E-state index contributed by atoms with van der Waals surface area (Å²) in [5, 5.41) is 3.55.